The molecule has 0 radical (unpaired) electrons. The summed E-state index contributed by atoms with van der Waals surface area (Å²) in [6, 6.07) is 4.80. The Labute approximate surface area is 122 Å². The summed E-state index contributed by atoms with van der Waals surface area (Å²) in [5.74, 6) is 0.172. The van der Waals surface area contributed by atoms with E-state index < -0.39 is 0 Å². The summed E-state index contributed by atoms with van der Waals surface area (Å²) in [7, 11) is 1.53. The smallest absolute Gasteiger partial charge is 0.253 e. The van der Waals surface area contributed by atoms with Crippen molar-refractivity contribution in [3.05, 3.63) is 28.8 Å². The van der Waals surface area contributed by atoms with Crippen molar-refractivity contribution in [3.63, 3.8) is 0 Å². The average molecular weight is 297 g/mol. The van der Waals surface area contributed by atoms with Gasteiger partial charge in [-0.1, -0.05) is 11.6 Å². The number of ether oxygens (including phenoxy) is 1. The van der Waals surface area contributed by atoms with Crippen LogP contribution in [-0.2, 0) is 4.79 Å². The maximum absolute atomic E-state index is 12.0. The van der Waals surface area contributed by atoms with E-state index in [2.05, 4.69) is 5.32 Å². The number of carbonyl (C=O) groups is 2. The van der Waals surface area contributed by atoms with E-state index in [1.807, 2.05) is 0 Å². The predicted molar refractivity (Wildman–Crippen MR) is 76.2 cm³/mol. The summed E-state index contributed by atoms with van der Waals surface area (Å²) in [4.78, 5) is 25.6. The zero-order valence-corrected chi connectivity index (χ0v) is 12.1. The lowest BCUT2D eigenvalue weighted by Crippen LogP contribution is -2.38. The van der Waals surface area contributed by atoms with Gasteiger partial charge in [0.2, 0.25) is 5.91 Å². The largest absolute Gasteiger partial charge is 0.497 e. The summed E-state index contributed by atoms with van der Waals surface area (Å²) in [6.45, 7) is 1.55. The maximum atomic E-state index is 12.0. The van der Waals surface area contributed by atoms with Crippen molar-refractivity contribution in [2.45, 2.75) is 12.8 Å². The Balaban J connectivity index is 1.93. The first-order chi connectivity index (χ1) is 9.61. The van der Waals surface area contributed by atoms with Crippen molar-refractivity contribution in [2.75, 3.05) is 26.7 Å². The number of likely N-dealkylation sites (tertiary alicyclic amines) is 1. The number of benzene rings is 1. The molecule has 0 bridgehead atoms. The molecule has 1 heterocycles. The Hall–Kier alpha value is -1.75. The summed E-state index contributed by atoms with van der Waals surface area (Å²) >= 11 is 6.01. The maximum Gasteiger partial charge on any atom is 0.253 e. The van der Waals surface area contributed by atoms with Gasteiger partial charge in [-0.05, 0) is 31.0 Å². The number of hydrogen-bond acceptors (Lipinski definition) is 3. The molecule has 108 valence electrons. The highest BCUT2D eigenvalue weighted by Gasteiger charge is 2.19. The molecule has 0 spiro atoms. The molecule has 20 heavy (non-hydrogen) atoms. The zero-order valence-electron chi connectivity index (χ0n) is 11.3. The number of halogens is 1. The van der Waals surface area contributed by atoms with Gasteiger partial charge in [0.25, 0.3) is 5.91 Å². The fraction of sp³-hybridized carbons (Fsp3) is 0.429. The van der Waals surface area contributed by atoms with Crippen LogP contribution in [0, 0.1) is 0 Å². The highest BCUT2D eigenvalue weighted by molar-refractivity contribution is 6.34. The number of nitrogens with one attached hydrogen (secondary N) is 1. The second kappa shape index (κ2) is 6.61. The number of hydrogen-bond donors (Lipinski definition) is 1. The first-order valence-electron chi connectivity index (χ1n) is 6.51. The lowest BCUT2D eigenvalue weighted by molar-refractivity contribution is -0.129. The minimum Gasteiger partial charge on any atom is -0.497 e. The quantitative estimate of drug-likeness (QED) is 0.920. The number of nitrogens with zero attached hydrogens (tertiary/aromatic N) is 1. The van der Waals surface area contributed by atoms with E-state index in [9.17, 15) is 9.59 Å². The van der Waals surface area contributed by atoms with E-state index >= 15 is 0 Å². The van der Waals surface area contributed by atoms with E-state index in [1.165, 1.54) is 7.11 Å². The third-order valence-corrected chi connectivity index (χ3v) is 3.59. The molecule has 0 unspecified atom stereocenters. The molecule has 1 fully saturated rings. The van der Waals surface area contributed by atoms with Crippen molar-refractivity contribution in [3.8, 4) is 5.75 Å². The molecule has 0 aromatic heterocycles. The second-order valence-corrected chi connectivity index (χ2v) is 5.02. The topological polar surface area (TPSA) is 58.6 Å². The van der Waals surface area contributed by atoms with E-state index in [-0.39, 0.29) is 18.4 Å². The predicted octanol–water partition coefficient (Wildman–Crippen LogP) is 1.70. The second-order valence-electron chi connectivity index (χ2n) is 4.62. The van der Waals surface area contributed by atoms with Crippen LogP contribution in [0.25, 0.3) is 0 Å². The number of rotatable bonds is 4. The van der Waals surface area contributed by atoms with E-state index in [0.717, 1.165) is 25.9 Å². The molecule has 1 aliphatic rings. The van der Waals surface area contributed by atoms with Gasteiger partial charge < -0.3 is 15.0 Å². The van der Waals surface area contributed by atoms with Crippen LogP contribution in [0.15, 0.2) is 18.2 Å². The Kier molecular flexibility index (Phi) is 4.84. The third-order valence-electron chi connectivity index (χ3n) is 3.28. The van der Waals surface area contributed by atoms with Crippen LogP contribution < -0.4 is 10.1 Å². The number of methoxy groups -OCH3 is 1. The zero-order chi connectivity index (χ0) is 14.5. The Morgan fingerprint density at radius 3 is 2.65 bits per heavy atom. The summed E-state index contributed by atoms with van der Waals surface area (Å²) in [5.41, 5.74) is 0.335. The Morgan fingerprint density at radius 2 is 2.05 bits per heavy atom. The first kappa shape index (κ1) is 14.7. The molecule has 1 saturated heterocycles. The molecule has 2 rings (SSSR count). The first-order valence-corrected chi connectivity index (χ1v) is 6.89. The van der Waals surface area contributed by atoms with E-state index in [4.69, 9.17) is 16.3 Å². The minimum absolute atomic E-state index is 0.00118. The van der Waals surface area contributed by atoms with Crippen molar-refractivity contribution >= 4 is 23.4 Å². The van der Waals surface area contributed by atoms with Gasteiger partial charge in [-0.25, -0.2) is 0 Å². The fourth-order valence-corrected chi connectivity index (χ4v) is 2.39. The molecular weight excluding hydrogens is 280 g/mol. The fourth-order valence-electron chi connectivity index (χ4n) is 2.14. The van der Waals surface area contributed by atoms with Crippen molar-refractivity contribution in [1.82, 2.24) is 10.2 Å². The van der Waals surface area contributed by atoms with Crippen molar-refractivity contribution in [2.24, 2.45) is 0 Å². The van der Waals surface area contributed by atoms with Crippen LogP contribution in [0.2, 0.25) is 5.02 Å². The van der Waals surface area contributed by atoms with Crippen LogP contribution in [0.5, 0.6) is 5.75 Å². The van der Waals surface area contributed by atoms with Gasteiger partial charge in [-0.15, -0.1) is 0 Å². The highest BCUT2D eigenvalue weighted by Crippen LogP contribution is 2.22. The molecule has 1 N–H and O–H groups in total. The third kappa shape index (κ3) is 3.42. The minimum atomic E-state index is -0.356. The van der Waals surface area contributed by atoms with Crippen molar-refractivity contribution in [1.29, 1.82) is 0 Å². The molecule has 1 aromatic rings. The molecule has 0 saturated carbocycles. The number of carbonyl (C=O) groups excluding carboxylic acids is 2. The molecule has 6 heteroatoms. The number of amides is 2. The summed E-state index contributed by atoms with van der Waals surface area (Å²) < 4.78 is 5.02. The van der Waals surface area contributed by atoms with Gasteiger partial charge in [0.05, 0.1) is 24.2 Å². The lowest BCUT2D eigenvalue weighted by Gasteiger charge is -2.15. The molecule has 5 nitrogen and oxygen atoms in total. The van der Waals surface area contributed by atoms with Gasteiger partial charge in [0, 0.05) is 13.1 Å². The van der Waals surface area contributed by atoms with Crippen LogP contribution in [0.4, 0.5) is 0 Å². The van der Waals surface area contributed by atoms with Crippen LogP contribution in [0.3, 0.4) is 0 Å². The molecule has 1 aromatic carbocycles. The molecule has 2 amide bonds. The highest BCUT2D eigenvalue weighted by atomic mass is 35.5. The van der Waals surface area contributed by atoms with Gasteiger partial charge in [0.1, 0.15) is 5.75 Å². The van der Waals surface area contributed by atoms with Gasteiger partial charge in [-0.2, -0.15) is 0 Å². The van der Waals surface area contributed by atoms with Crippen molar-refractivity contribution < 1.29 is 14.3 Å². The van der Waals surface area contributed by atoms with Gasteiger partial charge >= 0.3 is 0 Å². The van der Waals surface area contributed by atoms with E-state index in [0.29, 0.717) is 16.3 Å². The lowest BCUT2D eigenvalue weighted by atomic mass is 10.2. The molecule has 0 atom stereocenters. The van der Waals surface area contributed by atoms with Crippen LogP contribution in [0.1, 0.15) is 23.2 Å². The monoisotopic (exact) mass is 296 g/mol. The Morgan fingerprint density at radius 1 is 1.35 bits per heavy atom. The standard InChI is InChI=1S/C14H17ClN2O3/c1-20-10-4-5-11(12(15)8-10)14(19)16-9-13(18)17-6-2-3-7-17/h4-5,8H,2-3,6-7,9H2,1H3,(H,16,19). The van der Waals surface area contributed by atoms with Crippen LogP contribution >= 0.6 is 11.6 Å². The molecule has 0 aliphatic carbocycles. The normalized spacial score (nSPS) is 14.2. The molecular formula is C14H17ClN2O3. The van der Waals surface area contributed by atoms with Gasteiger partial charge in [-0.3, -0.25) is 9.59 Å². The SMILES string of the molecule is COc1ccc(C(=O)NCC(=O)N2CCCC2)c(Cl)c1. The van der Waals surface area contributed by atoms with E-state index in [1.54, 1.807) is 23.1 Å². The summed E-state index contributed by atoms with van der Waals surface area (Å²) in [5, 5.41) is 2.90. The van der Waals surface area contributed by atoms with Crippen LogP contribution in [-0.4, -0.2) is 43.5 Å². The summed E-state index contributed by atoms with van der Waals surface area (Å²) in [6.07, 6.45) is 2.06. The Bertz CT molecular complexity index is 513. The molecule has 1 aliphatic heterocycles. The average Bonchev–Trinajstić information content (AvgIpc) is 2.98. The van der Waals surface area contributed by atoms with Gasteiger partial charge in [0.15, 0.2) is 0 Å².